The predicted molar refractivity (Wildman–Crippen MR) is 72.1 cm³/mol. The van der Waals surface area contributed by atoms with E-state index in [0.29, 0.717) is 34.5 Å². The first-order chi connectivity index (χ1) is 9.21. The minimum Gasteiger partial charge on any atom is -0.497 e. The molecule has 1 heterocycles. The van der Waals surface area contributed by atoms with Gasteiger partial charge in [-0.3, -0.25) is 10.8 Å². The molecule has 0 atom stereocenters. The Balaban J connectivity index is 2.63. The Morgan fingerprint density at radius 1 is 1.47 bits per heavy atom. The van der Waals surface area contributed by atoms with E-state index in [2.05, 4.69) is 10.4 Å². The van der Waals surface area contributed by atoms with Crippen molar-refractivity contribution in [1.29, 1.82) is 0 Å². The number of nitrogens with two attached hydrogens (primary N) is 1. The topological polar surface area (TPSA) is 86.5 Å². The Morgan fingerprint density at radius 2 is 2.26 bits per heavy atom. The lowest BCUT2D eigenvalue weighted by Crippen LogP contribution is -2.15. The number of nitrogen functional groups attached to an aromatic ring is 1. The standard InChI is InChI=1S/C13H15N3O3/c1-3-19-13(17)10-7-15-11-5-4-8(18-2)6-9(11)12(10)16-14/h4-7H,3,14H2,1-2H3,(H,15,16). The second-order valence-electron chi connectivity index (χ2n) is 3.79. The number of nitrogens with zero attached hydrogens (tertiary/aromatic N) is 1. The number of carbonyl (C=O) groups excluding carboxylic acids is 1. The maximum absolute atomic E-state index is 11.8. The fraction of sp³-hybridized carbons (Fsp3) is 0.231. The smallest absolute Gasteiger partial charge is 0.341 e. The van der Waals surface area contributed by atoms with Crippen molar-refractivity contribution in [3.8, 4) is 5.75 Å². The molecule has 2 aromatic rings. The van der Waals surface area contributed by atoms with Crippen LogP contribution >= 0.6 is 0 Å². The minimum atomic E-state index is -0.465. The molecule has 0 aliphatic carbocycles. The van der Waals surface area contributed by atoms with Gasteiger partial charge in [0.05, 0.1) is 24.9 Å². The summed E-state index contributed by atoms with van der Waals surface area (Å²) < 4.78 is 10.1. The molecule has 0 fully saturated rings. The first-order valence-corrected chi connectivity index (χ1v) is 5.81. The lowest BCUT2D eigenvalue weighted by molar-refractivity contribution is 0.0527. The number of methoxy groups -OCH3 is 1. The van der Waals surface area contributed by atoms with Crippen LogP contribution in [0.1, 0.15) is 17.3 Å². The summed E-state index contributed by atoms with van der Waals surface area (Å²) in [5.41, 5.74) is 4.01. The van der Waals surface area contributed by atoms with Crippen LogP contribution in [0.3, 0.4) is 0 Å². The molecule has 0 radical (unpaired) electrons. The second-order valence-corrected chi connectivity index (χ2v) is 3.79. The van der Waals surface area contributed by atoms with E-state index in [9.17, 15) is 4.79 Å². The summed E-state index contributed by atoms with van der Waals surface area (Å²) in [6.07, 6.45) is 1.45. The van der Waals surface area contributed by atoms with Gasteiger partial charge in [-0.2, -0.15) is 0 Å². The average Bonchev–Trinajstić information content (AvgIpc) is 2.45. The van der Waals surface area contributed by atoms with Gasteiger partial charge in [-0.05, 0) is 25.1 Å². The highest BCUT2D eigenvalue weighted by Crippen LogP contribution is 2.28. The highest BCUT2D eigenvalue weighted by molar-refractivity contribution is 6.05. The number of pyridine rings is 1. The van der Waals surface area contributed by atoms with Crippen LogP contribution in [0, 0.1) is 0 Å². The molecule has 0 amide bonds. The van der Waals surface area contributed by atoms with E-state index in [0.717, 1.165) is 0 Å². The number of hydrogen-bond donors (Lipinski definition) is 2. The zero-order valence-corrected chi connectivity index (χ0v) is 10.8. The van der Waals surface area contributed by atoms with Crippen molar-refractivity contribution < 1.29 is 14.3 Å². The van der Waals surface area contributed by atoms with Crippen LogP contribution in [0.4, 0.5) is 5.69 Å². The molecular weight excluding hydrogens is 246 g/mol. The Hall–Kier alpha value is -2.34. The molecular formula is C13H15N3O3. The number of rotatable bonds is 4. The van der Waals surface area contributed by atoms with Crippen molar-refractivity contribution >= 4 is 22.6 Å². The third-order valence-corrected chi connectivity index (χ3v) is 2.71. The summed E-state index contributed by atoms with van der Waals surface area (Å²) in [7, 11) is 1.57. The number of fused-ring (bicyclic) bond motifs is 1. The number of hydrazine groups is 1. The maximum Gasteiger partial charge on any atom is 0.341 e. The zero-order valence-electron chi connectivity index (χ0n) is 10.8. The van der Waals surface area contributed by atoms with Crippen molar-refractivity contribution in [3.05, 3.63) is 30.0 Å². The quantitative estimate of drug-likeness (QED) is 0.495. The van der Waals surface area contributed by atoms with Gasteiger partial charge >= 0.3 is 5.97 Å². The first-order valence-electron chi connectivity index (χ1n) is 5.81. The largest absolute Gasteiger partial charge is 0.497 e. The van der Waals surface area contributed by atoms with Crippen LogP contribution in [0.2, 0.25) is 0 Å². The van der Waals surface area contributed by atoms with Crippen LogP contribution in [0.5, 0.6) is 5.75 Å². The van der Waals surface area contributed by atoms with E-state index < -0.39 is 5.97 Å². The third-order valence-electron chi connectivity index (χ3n) is 2.71. The van der Waals surface area contributed by atoms with E-state index in [1.165, 1.54) is 6.20 Å². The molecule has 1 aromatic carbocycles. The minimum absolute atomic E-state index is 0.291. The predicted octanol–water partition coefficient (Wildman–Crippen LogP) is 1.71. The number of carbonyl (C=O) groups is 1. The number of aromatic nitrogens is 1. The van der Waals surface area contributed by atoms with Gasteiger partial charge in [0, 0.05) is 11.6 Å². The van der Waals surface area contributed by atoms with Gasteiger partial charge in [0.2, 0.25) is 0 Å². The van der Waals surface area contributed by atoms with Crippen LogP contribution < -0.4 is 16.0 Å². The number of ether oxygens (including phenoxy) is 2. The molecule has 0 bridgehead atoms. The monoisotopic (exact) mass is 261 g/mol. The third kappa shape index (κ3) is 2.43. The highest BCUT2D eigenvalue weighted by Gasteiger charge is 2.16. The van der Waals surface area contributed by atoms with Gasteiger partial charge in [-0.1, -0.05) is 0 Å². The van der Waals surface area contributed by atoms with E-state index in [1.54, 1.807) is 32.2 Å². The van der Waals surface area contributed by atoms with Gasteiger partial charge in [0.1, 0.15) is 11.3 Å². The van der Waals surface area contributed by atoms with E-state index >= 15 is 0 Å². The van der Waals surface area contributed by atoms with E-state index in [1.807, 2.05) is 0 Å². The summed E-state index contributed by atoms with van der Waals surface area (Å²) in [5, 5.41) is 0.701. The highest BCUT2D eigenvalue weighted by atomic mass is 16.5. The normalized spacial score (nSPS) is 10.3. The van der Waals surface area contributed by atoms with Gasteiger partial charge in [-0.15, -0.1) is 0 Å². The summed E-state index contributed by atoms with van der Waals surface area (Å²) in [4.78, 5) is 16.1. The molecule has 3 N–H and O–H groups in total. The van der Waals surface area contributed by atoms with Gasteiger partial charge in [0.15, 0.2) is 0 Å². The molecule has 0 spiro atoms. The molecule has 0 aliphatic heterocycles. The molecule has 0 saturated heterocycles. The molecule has 6 nitrogen and oxygen atoms in total. The fourth-order valence-corrected chi connectivity index (χ4v) is 1.82. The van der Waals surface area contributed by atoms with E-state index in [4.69, 9.17) is 15.3 Å². The molecule has 0 saturated carbocycles. The Labute approximate surface area is 110 Å². The van der Waals surface area contributed by atoms with Gasteiger partial charge in [-0.25, -0.2) is 4.79 Å². The number of anilines is 1. The Kier molecular flexibility index (Phi) is 3.82. The van der Waals surface area contributed by atoms with Gasteiger partial charge in [0.25, 0.3) is 0 Å². The molecule has 2 rings (SSSR count). The van der Waals surface area contributed by atoms with Crippen molar-refractivity contribution in [1.82, 2.24) is 4.98 Å². The number of esters is 1. The number of hydrogen-bond acceptors (Lipinski definition) is 6. The summed E-state index contributed by atoms with van der Waals surface area (Å²) in [5.74, 6) is 5.71. The second kappa shape index (κ2) is 5.53. The number of nitrogens with one attached hydrogen (secondary N) is 1. The van der Waals surface area contributed by atoms with Gasteiger partial charge < -0.3 is 14.9 Å². The molecule has 0 unspecified atom stereocenters. The summed E-state index contributed by atoms with van der Waals surface area (Å²) in [6.45, 7) is 2.03. The molecule has 19 heavy (non-hydrogen) atoms. The average molecular weight is 261 g/mol. The van der Waals surface area contributed by atoms with Crippen molar-refractivity contribution in [2.24, 2.45) is 5.84 Å². The van der Waals surface area contributed by atoms with E-state index in [-0.39, 0.29) is 0 Å². The lowest BCUT2D eigenvalue weighted by atomic mass is 10.1. The van der Waals surface area contributed by atoms with Crippen LogP contribution in [0.25, 0.3) is 10.9 Å². The van der Waals surface area contributed by atoms with Crippen molar-refractivity contribution in [3.63, 3.8) is 0 Å². The number of benzene rings is 1. The van der Waals surface area contributed by atoms with Crippen molar-refractivity contribution in [2.75, 3.05) is 19.1 Å². The Bertz CT molecular complexity index is 613. The van der Waals surface area contributed by atoms with Crippen LogP contribution in [-0.4, -0.2) is 24.7 Å². The zero-order chi connectivity index (χ0) is 13.8. The SMILES string of the molecule is CCOC(=O)c1cnc2ccc(OC)cc2c1NN. The fourth-order valence-electron chi connectivity index (χ4n) is 1.82. The molecule has 0 aliphatic rings. The van der Waals surface area contributed by atoms with Crippen LogP contribution in [0.15, 0.2) is 24.4 Å². The summed E-state index contributed by atoms with van der Waals surface area (Å²) >= 11 is 0. The van der Waals surface area contributed by atoms with Crippen molar-refractivity contribution in [2.45, 2.75) is 6.92 Å². The maximum atomic E-state index is 11.8. The lowest BCUT2D eigenvalue weighted by Gasteiger charge is -2.11. The molecule has 1 aromatic heterocycles. The summed E-state index contributed by atoms with van der Waals surface area (Å²) in [6, 6.07) is 5.35. The van der Waals surface area contributed by atoms with Crippen LogP contribution in [-0.2, 0) is 4.74 Å². The molecule has 6 heteroatoms. The molecule has 100 valence electrons. The first kappa shape index (κ1) is 13.1. The Morgan fingerprint density at radius 3 is 2.89 bits per heavy atom.